The van der Waals surface area contributed by atoms with Crippen LogP contribution in [0.2, 0.25) is 39.3 Å². The fourth-order valence-electron chi connectivity index (χ4n) is 9.78. The smallest absolute Gasteiger partial charge is 0.184 e. The minimum absolute atomic E-state index is 0.329. The molecule has 0 bridgehead atoms. The van der Waals surface area contributed by atoms with Gasteiger partial charge < -0.3 is 8.85 Å². The van der Waals surface area contributed by atoms with E-state index in [1.165, 1.54) is 57.8 Å². The zero-order valence-corrected chi connectivity index (χ0v) is 28.6. The summed E-state index contributed by atoms with van der Waals surface area (Å²) < 4.78 is 13.8. The molecule has 0 aromatic carbocycles. The van der Waals surface area contributed by atoms with Crippen molar-refractivity contribution < 1.29 is 8.85 Å². The maximum Gasteiger partial charge on any atom is 0.184 e. The maximum atomic E-state index is 7.18. The van der Waals surface area contributed by atoms with Gasteiger partial charge in [0.05, 0.1) is 12.2 Å². The predicted molar refractivity (Wildman–Crippen MR) is 165 cm³/mol. The standard InChI is InChI=1S/C33H62O2Si2/c1-23(2)13-12-14-24(3)27-15-16-28-31-29(18-20-33(27,28)5)32(4)19-17-26(34-36(6,7)8)21-25(32)22-30(31)35-37(9,10)11/h21,23-24,26-31H,12-20,22H2,1-11H3/t24-,26+,27-,28?,29?,30-,31?,32+,33-/m1/s1. The van der Waals surface area contributed by atoms with Crippen LogP contribution in [0.3, 0.4) is 0 Å². The van der Waals surface area contributed by atoms with Crippen molar-refractivity contribution in [3.63, 3.8) is 0 Å². The first-order valence-electron chi connectivity index (χ1n) is 16.1. The molecule has 0 N–H and O–H groups in total. The third-order valence-corrected chi connectivity index (χ3v) is 13.3. The van der Waals surface area contributed by atoms with E-state index in [0.717, 1.165) is 41.9 Å². The van der Waals surface area contributed by atoms with Gasteiger partial charge in [-0.05, 0) is 131 Å². The Balaban J connectivity index is 1.61. The lowest BCUT2D eigenvalue weighted by Crippen LogP contribution is -2.57. The molecule has 9 atom stereocenters. The molecule has 0 saturated heterocycles. The van der Waals surface area contributed by atoms with Crippen molar-refractivity contribution in [2.24, 2.45) is 46.3 Å². The molecule has 0 heterocycles. The second kappa shape index (κ2) is 10.8. The monoisotopic (exact) mass is 546 g/mol. The molecule has 2 nitrogen and oxygen atoms in total. The molecule has 3 fully saturated rings. The highest BCUT2D eigenvalue weighted by Gasteiger charge is 2.62. The molecule has 37 heavy (non-hydrogen) atoms. The number of hydrogen-bond acceptors (Lipinski definition) is 2. The van der Waals surface area contributed by atoms with Crippen molar-refractivity contribution >= 4 is 16.6 Å². The van der Waals surface area contributed by atoms with E-state index in [-0.39, 0.29) is 0 Å². The lowest BCUT2D eigenvalue weighted by Gasteiger charge is -2.61. The molecule has 0 aromatic rings. The van der Waals surface area contributed by atoms with E-state index in [2.05, 4.69) is 80.0 Å². The van der Waals surface area contributed by atoms with E-state index < -0.39 is 16.6 Å². The zero-order chi connectivity index (χ0) is 27.4. The van der Waals surface area contributed by atoms with Crippen LogP contribution in [0.15, 0.2) is 11.6 Å². The van der Waals surface area contributed by atoms with E-state index in [0.29, 0.717) is 23.0 Å². The average molecular weight is 547 g/mol. The molecule has 3 unspecified atom stereocenters. The van der Waals surface area contributed by atoms with Crippen molar-refractivity contribution in [3.05, 3.63) is 11.6 Å². The molecule has 0 aromatic heterocycles. The molecule has 0 spiro atoms. The van der Waals surface area contributed by atoms with Crippen molar-refractivity contribution in [1.29, 1.82) is 0 Å². The van der Waals surface area contributed by atoms with Crippen LogP contribution in [-0.4, -0.2) is 28.8 Å². The van der Waals surface area contributed by atoms with E-state index in [4.69, 9.17) is 8.85 Å². The summed E-state index contributed by atoms with van der Waals surface area (Å²) in [5, 5.41) is 0. The maximum absolute atomic E-state index is 7.18. The number of hydrogen-bond donors (Lipinski definition) is 0. The van der Waals surface area contributed by atoms with Crippen LogP contribution in [0.1, 0.15) is 98.8 Å². The van der Waals surface area contributed by atoms with E-state index in [1.807, 2.05) is 0 Å². The molecular weight excluding hydrogens is 485 g/mol. The molecule has 0 aliphatic heterocycles. The van der Waals surface area contributed by atoms with Gasteiger partial charge in [-0.15, -0.1) is 0 Å². The largest absolute Gasteiger partial charge is 0.414 e. The van der Waals surface area contributed by atoms with Crippen LogP contribution < -0.4 is 0 Å². The highest BCUT2D eigenvalue weighted by Crippen LogP contribution is 2.68. The zero-order valence-electron chi connectivity index (χ0n) is 26.6. The quantitative estimate of drug-likeness (QED) is 0.211. The van der Waals surface area contributed by atoms with Gasteiger partial charge in [-0.1, -0.05) is 65.5 Å². The molecule has 4 aliphatic carbocycles. The summed E-state index contributed by atoms with van der Waals surface area (Å²) in [6, 6.07) is 0. The predicted octanol–water partition coefficient (Wildman–Crippen LogP) is 10.1. The van der Waals surface area contributed by atoms with Gasteiger partial charge in [0.2, 0.25) is 0 Å². The first-order valence-corrected chi connectivity index (χ1v) is 22.9. The molecule has 3 saturated carbocycles. The Morgan fingerprint density at radius 3 is 2.14 bits per heavy atom. The Labute approximate surface area is 233 Å². The Kier molecular flexibility index (Phi) is 8.79. The average Bonchev–Trinajstić information content (AvgIpc) is 3.09. The molecule has 4 aliphatic rings. The first kappa shape index (κ1) is 30.1. The summed E-state index contributed by atoms with van der Waals surface area (Å²) in [6.45, 7) is 27.0. The second-order valence-electron chi connectivity index (χ2n) is 16.7. The topological polar surface area (TPSA) is 18.5 Å². The SMILES string of the molecule is CC(C)CCC[C@@H](C)[C@H]1CCC2C3C(CC[C@@]21C)[C@@]1(C)CC[C@H](O[Si](C)(C)C)C=C1C[C@H]3O[Si](C)(C)C. The summed E-state index contributed by atoms with van der Waals surface area (Å²) in [6.07, 6.45) is 17.0. The molecule has 214 valence electrons. The third kappa shape index (κ3) is 6.38. The molecule has 0 amide bonds. The van der Waals surface area contributed by atoms with Crippen LogP contribution in [0, 0.1) is 46.3 Å². The van der Waals surface area contributed by atoms with Crippen LogP contribution in [0.4, 0.5) is 0 Å². The van der Waals surface area contributed by atoms with Crippen LogP contribution in [0.5, 0.6) is 0 Å². The third-order valence-electron chi connectivity index (χ3n) is 11.3. The summed E-state index contributed by atoms with van der Waals surface area (Å²) in [5.41, 5.74) is 2.56. The summed E-state index contributed by atoms with van der Waals surface area (Å²) >= 11 is 0. The second-order valence-corrected chi connectivity index (χ2v) is 25.6. The van der Waals surface area contributed by atoms with Gasteiger partial charge in [-0.2, -0.15) is 0 Å². The number of rotatable bonds is 9. The minimum Gasteiger partial charge on any atom is -0.414 e. The van der Waals surface area contributed by atoms with Gasteiger partial charge in [-0.25, -0.2) is 0 Å². The van der Waals surface area contributed by atoms with E-state index >= 15 is 0 Å². The Hall–Kier alpha value is 0.0938. The Morgan fingerprint density at radius 1 is 0.838 bits per heavy atom. The molecular formula is C33H62O2Si2. The normalized spacial score (nSPS) is 41.1. The summed E-state index contributed by atoms with van der Waals surface area (Å²) in [4.78, 5) is 0. The Bertz CT molecular complexity index is 823. The van der Waals surface area contributed by atoms with Gasteiger partial charge in [0.1, 0.15) is 0 Å². The highest BCUT2D eigenvalue weighted by molar-refractivity contribution is 6.70. The van der Waals surface area contributed by atoms with Crippen molar-refractivity contribution in [2.75, 3.05) is 0 Å². The van der Waals surface area contributed by atoms with Gasteiger partial charge in [0, 0.05) is 0 Å². The summed E-state index contributed by atoms with van der Waals surface area (Å²) in [5.74, 6) is 4.99. The fourth-order valence-corrected chi connectivity index (χ4v) is 12.0. The lowest BCUT2D eigenvalue weighted by atomic mass is 9.45. The highest BCUT2D eigenvalue weighted by atomic mass is 28.4. The van der Waals surface area contributed by atoms with E-state index in [9.17, 15) is 0 Å². The summed E-state index contributed by atoms with van der Waals surface area (Å²) in [7, 11) is -3.19. The number of fused-ring (bicyclic) bond motifs is 5. The molecule has 0 radical (unpaired) electrons. The van der Waals surface area contributed by atoms with Crippen LogP contribution in [0.25, 0.3) is 0 Å². The fraction of sp³-hybridized carbons (Fsp3) is 0.939. The van der Waals surface area contributed by atoms with Crippen LogP contribution in [-0.2, 0) is 8.85 Å². The van der Waals surface area contributed by atoms with Crippen LogP contribution >= 0.6 is 0 Å². The molecule has 4 rings (SSSR count). The van der Waals surface area contributed by atoms with Gasteiger partial charge in [-0.3, -0.25) is 0 Å². The van der Waals surface area contributed by atoms with E-state index in [1.54, 1.807) is 5.57 Å². The van der Waals surface area contributed by atoms with Crippen molar-refractivity contribution in [1.82, 2.24) is 0 Å². The van der Waals surface area contributed by atoms with Gasteiger partial charge >= 0.3 is 0 Å². The van der Waals surface area contributed by atoms with Crippen molar-refractivity contribution in [2.45, 2.75) is 150 Å². The molecule has 4 heteroatoms. The lowest BCUT2D eigenvalue weighted by molar-refractivity contribution is -0.109. The first-order chi connectivity index (χ1) is 17.0. The van der Waals surface area contributed by atoms with Gasteiger partial charge in [0.25, 0.3) is 0 Å². The van der Waals surface area contributed by atoms with Gasteiger partial charge in [0.15, 0.2) is 16.6 Å². The Morgan fingerprint density at radius 2 is 1.51 bits per heavy atom. The minimum atomic E-state index is -1.64. The van der Waals surface area contributed by atoms with Crippen molar-refractivity contribution in [3.8, 4) is 0 Å².